The van der Waals surface area contributed by atoms with Crippen molar-refractivity contribution in [1.82, 2.24) is 16.0 Å². The van der Waals surface area contributed by atoms with Crippen LogP contribution in [-0.2, 0) is 19.2 Å². The maximum absolute atomic E-state index is 12.9. The van der Waals surface area contributed by atoms with E-state index in [9.17, 15) is 28.0 Å². The van der Waals surface area contributed by atoms with Crippen LogP contribution in [0.4, 0.5) is 8.78 Å². The Balaban J connectivity index is 5.59. The first-order chi connectivity index (χ1) is 13.6. The average molecular weight is 436 g/mol. The van der Waals surface area contributed by atoms with Gasteiger partial charge in [-0.15, -0.1) is 0 Å². The molecule has 2 amide bonds. The molecule has 0 aromatic rings. The lowest BCUT2D eigenvalue weighted by atomic mass is 9.85. The van der Waals surface area contributed by atoms with Crippen LogP contribution in [0.3, 0.4) is 0 Å². The summed E-state index contributed by atoms with van der Waals surface area (Å²) in [5.74, 6) is -4.83. The Kier molecular flexibility index (Phi) is 11.1. The zero-order chi connectivity index (χ0) is 23.8. The summed E-state index contributed by atoms with van der Waals surface area (Å²) in [6, 6.07) is -3.65. The molecule has 0 aliphatic carbocycles. The van der Waals surface area contributed by atoms with E-state index in [0.29, 0.717) is 0 Å². The van der Waals surface area contributed by atoms with E-state index < -0.39 is 60.0 Å². The van der Waals surface area contributed by atoms with Gasteiger partial charge in [0.1, 0.15) is 12.1 Å². The zero-order valence-corrected chi connectivity index (χ0v) is 18.7. The number of carboxylic acid groups (broad SMARTS) is 1. The molecule has 0 heterocycles. The second kappa shape index (κ2) is 11.9. The molecule has 3 unspecified atom stereocenters. The molecular weight excluding hydrogens is 400 g/mol. The van der Waals surface area contributed by atoms with Gasteiger partial charge in [-0.2, -0.15) is 0 Å². The quantitative estimate of drug-likeness (QED) is 0.346. The van der Waals surface area contributed by atoms with Crippen molar-refractivity contribution >= 4 is 23.6 Å². The first-order valence-corrected chi connectivity index (χ1v) is 9.98. The summed E-state index contributed by atoms with van der Waals surface area (Å²) in [5.41, 5.74) is -0.481. The van der Waals surface area contributed by atoms with Gasteiger partial charge in [0.05, 0.1) is 6.04 Å². The second-order valence-electron chi connectivity index (χ2n) is 9.17. The van der Waals surface area contributed by atoms with Gasteiger partial charge in [-0.1, -0.05) is 48.5 Å². The fourth-order valence-corrected chi connectivity index (χ4v) is 2.84. The smallest absolute Gasteiger partial charge is 0.374 e. The standard InChI is InChI=1S/C20H35F2N3O5/c1-10(2)8-13(25-18(28)16(20(5,6)7)23-11(3)4)17(27)24-12(9-14(21)22)15(26)19(29)30/h10-14,16,23H,8-9H2,1-7H3,(H,24,27)(H,25,28)(H,29,30). The van der Waals surface area contributed by atoms with Crippen LogP contribution in [0.5, 0.6) is 0 Å². The molecule has 0 aliphatic heterocycles. The number of nitrogens with one attached hydrogen (secondary N) is 3. The normalized spacial score (nSPS) is 15.1. The van der Waals surface area contributed by atoms with Crippen molar-refractivity contribution < 1.29 is 33.1 Å². The van der Waals surface area contributed by atoms with Gasteiger partial charge < -0.3 is 21.1 Å². The number of ketones is 1. The van der Waals surface area contributed by atoms with E-state index in [4.69, 9.17) is 5.11 Å². The van der Waals surface area contributed by atoms with E-state index in [1.54, 1.807) is 13.8 Å². The molecule has 4 N–H and O–H groups in total. The van der Waals surface area contributed by atoms with Gasteiger partial charge in [0.25, 0.3) is 5.78 Å². The van der Waals surface area contributed by atoms with Crippen molar-refractivity contribution in [2.45, 2.75) is 91.9 Å². The summed E-state index contributed by atoms with van der Waals surface area (Å²) in [6.45, 7) is 12.9. The van der Waals surface area contributed by atoms with Crippen molar-refractivity contribution in [3.05, 3.63) is 0 Å². The number of Topliss-reactive ketones (excluding diaryl/α,β-unsaturated/α-hetero) is 1. The first-order valence-electron chi connectivity index (χ1n) is 9.98. The predicted molar refractivity (Wildman–Crippen MR) is 108 cm³/mol. The van der Waals surface area contributed by atoms with Crippen LogP contribution >= 0.6 is 0 Å². The van der Waals surface area contributed by atoms with Crippen molar-refractivity contribution in [1.29, 1.82) is 0 Å². The van der Waals surface area contributed by atoms with Crippen LogP contribution in [0.15, 0.2) is 0 Å². The highest BCUT2D eigenvalue weighted by molar-refractivity contribution is 6.35. The van der Waals surface area contributed by atoms with Gasteiger partial charge in [0.2, 0.25) is 18.2 Å². The lowest BCUT2D eigenvalue weighted by Gasteiger charge is -2.33. The maximum atomic E-state index is 12.9. The summed E-state index contributed by atoms with van der Waals surface area (Å²) < 4.78 is 25.5. The molecule has 30 heavy (non-hydrogen) atoms. The van der Waals surface area contributed by atoms with Crippen molar-refractivity contribution in [3.8, 4) is 0 Å². The van der Waals surface area contributed by atoms with Gasteiger partial charge in [0.15, 0.2) is 0 Å². The van der Waals surface area contributed by atoms with E-state index in [0.717, 1.165) is 0 Å². The van der Waals surface area contributed by atoms with E-state index in [1.165, 1.54) is 0 Å². The zero-order valence-electron chi connectivity index (χ0n) is 18.7. The highest BCUT2D eigenvalue weighted by Crippen LogP contribution is 2.20. The first kappa shape index (κ1) is 27.9. The summed E-state index contributed by atoms with van der Waals surface area (Å²) in [5, 5.41) is 16.7. The highest BCUT2D eigenvalue weighted by atomic mass is 19.3. The molecule has 0 rings (SSSR count). The maximum Gasteiger partial charge on any atom is 0.374 e. The largest absolute Gasteiger partial charge is 0.475 e. The van der Waals surface area contributed by atoms with Gasteiger partial charge >= 0.3 is 5.97 Å². The SMILES string of the molecule is CC(C)CC(NC(=O)C(NC(C)C)C(C)(C)C)C(=O)NC(CC(F)F)C(=O)C(=O)O. The van der Waals surface area contributed by atoms with Gasteiger partial charge in [-0.3, -0.25) is 14.4 Å². The van der Waals surface area contributed by atoms with Crippen LogP contribution in [-0.4, -0.2) is 59.3 Å². The third-order valence-corrected chi connectivity index (χ3v) is 4.23. The van der Waals surface area contributed by atoms with Gasteiger partial charge in [-0.05, 0) is 17.8 Å². The van der Waals surface area contributed by atoms with Crippen LogP contribution in [0.1, 0.15) is 61.3 Å². The molecule has 0 saturated heterocycles. The summed E-state index contributed by atoms with van der Waals surface area (Å²) in [7, 11) is 0. The van der Waals surface area contributed by atoms with Crippen LogP contribution in [0.25, 0.3) is 0 Å². The Labute approximate surface area is 176 Å². The second-order valence-corrected chi connectivity index (χ2v) is 9.17. The summed E-state index contributed by atoms with van der Waals surface area (Å²) in [4.78, 5) is 48.2. The highest BCUT2D eigenvalue weighted by Gasteiger charge is 2.36. The number of rotatable bonds is 12. The fourth-order valence-electron chi connectivity index (χ4n) is 2.84. The van der Waals surface area contributed by atoms with Crippen LogP contribution < -0.4 is 16.0 Å². The number of alkyl halides is 2. The third-order valence-electron chi connectivity index (χ3n) is 4.23. The monoisotopic (exact) mass is 435 g/mol. The molecule has 0 saturated carbocycles. The Morgan fingerprint density at radius 1 is 0.867 bits per heavy atom. The minimum atomic E-state index is -2.99. The molecular formula is C20H35F2N3O5. The number of aliphatic carboxylic acids is 1. The number of hydrogen-bond donors (Lipinski definition) is 4. The lowest BCUT2D eigenvalue weighted by molar-refractivity contribution is -0.151. The van der Waals surface area contributed by atoms with Crippen LogP contribution in [0.2, 0.25) is 0 Å². The number of amides is 2. The fraction of sp³-hybridized carbons (Fsp3) is 0.800. The Hall–Kier alpha value is -2.10. The number of carbonyl (C=O) groups excluding carboxylic acids is 3. The molecule has 174 valence electrons. The van der Waals surface area contributed by atoms with E-state index >= 15 is 0 Å². The molecule has 10 heteroatoms. The molecule has 0 aromatic heterocycles. The predicted octanol–water partition coefficient (Wildman–Crippen LogP) is 1.72. The minimum Gasteiger partial charge on any atom is -0.475 e. The molecule has 0 bridgehead atoms. The van der Waals surface area contributed by atoms with Crippen molar-refractivity contribution in [3.63, 3.8) is 0 Å². The minimum absolute atomic E-state index is 0.0130. The van der Waals surface area contributed by atoms with E-state index in [2.05, 4.69) is 16.0 Å². The Bertz CT molecular complexity index is 618. The summed E-state index contributed by atoms with van der Waals surface area (Å²) in [6.07, 6.45) is -3.94. The molecule has 0 radical (unpaired) electrons. The molecule has 0 aromatic carbocycles. The Morgan fingerprint density at radius 3 is 1.73 bits per heavy atom. The number of carboxylic acids is 1. The third kappa shape index (κ3) is 10.1. The molecule has 0 spiro atoms. The number of halogens is 2. The van der Waals surface area contributed by atoms with Crippen molar-refractivity contribution in [2.75, 3.05) is 0 Å². The van der Waals surface area contributed by atoms with E-state index in [-0.39, 0.29) is 18.4 Å². The number of hydrogen-bond acceptors (Lipinski definition) is 5. The average Bonchev–Trinajstić information content (AvgIpc) is 2.55. The molecule has 3 atom stereocenters. The lowest BCUT2D eigenvalue weighted by Crippen LogP contribution is -2.59. The van der Waals surface area contributed by atoms with E-state index in [1.807, 2.05) is 34.6 Å². The van der Waals surface area contributed by atoms with Gasteiger partial charge in [0, 0.05) is 12.5 Å². The Morgan fingerprint density at radius 2 is 1.37 bits per heavy atom. The van der Waals surface area contributed by atoms with Gasteiger partial charge in [-0.25, -0.2) is 13.6 Å². The topological polar surface area (TPSA) is 125 Å². The molecule has 8 nitrogen and oxygen atoms in total. The molecule has 0 aliphatic rings. The van der Waals surface area contributed by atoms with Crippen LogP contribution in [0, 0.1) is 11.3 Å². The summed E-state index contributed by atoms with van der Waals surface area (Å²) >= 11 is 0. The van der Waals surface area contributed by atoms with Crippen molar-refractivity contribution in [2.24, 2.45) is 11.3 Å². The molecule has 0 fully saturated rings. The number of carbonyl (C=O) groups is 4.